The molecule has 0 radical (unpaired) electrons. The van der Waals surface area contributed by atoms with Gasteiger partial charge < -0.3 is 11.1 Å². The fourth-order valence-electron chi connectivity index (χ4n) is 3.11. The van der Waals surface area contributed by atoms with Gasteiger partial charge in [-0.1, -0.05) is 53.7 Å². The Morgan fingerprint density at radius 2 is 1.81 bits per heavy atom. The smallest absolute Gasteiger partial charge is 0.227 e. The van der Waals surface area contributed by atoms with E-state index in [1.54, 1.807) is 0 Å². The molecule has 0 unspecified atom stereocenters. The van der Waals surface area contributed by atoms with Crippen LogP contribution >= 0.6 is 15.9 Å². The number of carbonyl (C=O) groups is 1. The predicted octanol–water partition coefficient (Wildman–Crippen LogP) is 3.93. The lowest BCUT2D eigenvalue weighted by Crippen LogP contribution is -2.46. The van der Waals surface area contributed by atoms with Crippen molar-refractivity contribution in [2.45, 2.75) is 51.5 Å². The average molecular weight is 353 g/mol. The Balaban J connectivity index is 2.06. The molecule has 116 valence electrons. The summed E-state index contributed by atoms with van der Waals surface area (Å²) in [6.45, 7) is 2.48. The number of rotatable bonds is 4. The fourth-order valence-corrected chi connectivity index (χ4v) is 3.38. The van der Waals surface area contributed by atoms with Crippen LogP contribution in [-0.4, -0.2) is 12.5 Å². The SMILES string of the molecule is C[C@@H](NC(=O)C1(CN)CCCCCC1)c1ccc(Br)cc1. The Bertz CT molecular complexity index is 464. The zero-order valence-electron chi connectivity index (χ0n) is 12.7. The van der Waals surface area contributed by atoms with Gasteiger partial charge in [-0.15, -0.1) is 0 Å². The normalized spacial score (nSPS) is 19.6. The number of halogens is 1. The first-order chi connectivity index (χ1) is 10.1. The number of nitrogens with two attached hydrogens (primary N) is 1. The molecule has 3 N–H and O–H groups in total. The quantitative estimate of drug-likeness (QED) is 0.806. The number of carbonyl (C=O) groups excluding carboxylic acids is 1. The molecule has 0 bridgehead atoms. The van der Waals surface area contributed by atoms with Crippen LogP contribution < -0.4 is 11.1 Å². The first-order valence-electron chi connectivity index (χ1n) is 7.84. The van der Waals surface area contributed by atoms with Gasteiger partial charge in [0.25, 0.3) is 0 Å². The van der Waals surface area contributed by atoms with E-state index in [0.29, 0.717) is 6.54 Å². The third-order valence-electron chi connectivity index (χ3n) is 4.65. The van der Waals surface area contributed by atoms with E-state index in [9.17, 15) is 4.79 Å². The van der Waals surface area contributed by atoms with Gasteiger partial charge >= 0.3 is 0 Å². The maximum atomic E-state index is 12.8. The zero-order valence-corrected chi connectivity index (χ0v) is 14.3. The van der Waals surface area contributed by atoms with Crippen LogP contribution in [0.4, 0.5) is 0 Å². The second-order valence-electron chi connectivity index (χ2n) is 6.15. The number of nitrogens with one attached hydrogen (secondary N) is 1. The molecule has 1 aliphatic rings. The van der Waals surface area contributed by atoms with Crippen molar-refractivity contribution in [3.63, 3.8) is 0 Å². The molecular formula is C17H25BrN2O. The van der Waals surface area contributed by atoms with Gasteiger partial charge in [0.2, 0.25) is 5.91 Å². The largest absolute Gasteiger partial charge is 0.349 e. The summed E-state index contributed by atoms with van der Waals surface area (Å²) in [4.78, 5) is 12.8. The highest BCUT2D eigenvalue weighted by Crippen LogP contribution is 2.35. The molecule has 0 saturated heterocycles. The van der Waals surface area contributed by atoms with Crippen molar-refractivity contribution in [3.8, 4) is 0 Å². The van der Waals surface area contributed by atoms with Crippen molar-refractivity contribution >= 4 is 21.8 Å². The maximum Gasteiger partial charge on any atom is 0.227 e. The van der Waals surface area contributed by atoms with Gasteiger partial charge in [-0.2, -0.15) is 0 Å². The van der Waals surface area contributed by atoms with Gasteiger partial charge in [-0.05, 0) is 37.5 Å². The standard InChI is InChI=1S/C17H25BrN2O/c1-13(14-6-8-15(18)9-7-14)20-16(21)17(12-19)10-4-2-3-5-11-17/h6-9,13H,2-5,10-12,19H2,1H3,(H,20,21)/t13-/m1/s1. The van der Waals surface area contributed by atoms with Gasteiger partial charge in [-0.25, -0.2) is 0 Å². The van der Waals surface area contributed by atoms with Crippen molar-refractivity contribution < 1.29 is 4.79 Å². The van der Waals surface area contributed by atoms with Crippen LogP contribution in [0.5, 0.6) is 0 Å². The predicted molar refractivity (Wildman–Crippen MR) is 89.9 cm³/mol. The Hall–Kier alpha value is -0.870. The van der Waals surface area contributed by atoms with Crippen molar-refractivity contribution in [2.75, 3.05) is 6.54 Å². The minimum atomic E-state index is -0.361. The second-order valence-corrected chi connectivity index (χ2v) is 7.06. The Morgan fingerprint density at radius 3 is 2.33 bits per heavy atom. The van der Waals surface area contributed by atoms with E-state index < -0.39 is 0 Å². The number of benzene rings is 1. The molecular weight excluding hydrogens is 328 g/mol. The highest BCUT2D eigenvalue weighted by atomic mass is 79.9. The molecule has 1 atom stereocenters. The fraction of sp³-hybridized carbons (Fsp3) is 0.588. The minimum absolute atomic E-state index is 0.0114. The summed E-state index contributed by atoms with van der Waals surface area (Å²) in [5, 5.41) is 3.17. The number of amides is 1. The number of hydrogen-bond acceptors (Lipinski definition) is 2. The van der Waals surface area contributed by atoms with Gasteiger partial charge in [0.15, 0.2) is 0 Å². The van der Waals surface area contributed by atoms with Crippen LogP contribution in [-0.2, 0) is 4.79 Å². The van der Waals surface area contributed by atoms with Gasteiger partial charge in [0.05, 0.1) is 11.5 Å². The van der Waals surface area contributed by atoms with Crippen molar-refractivity contribution in [1.29, 1.82) is 0 Å². The van der Waals surface area contributed by atoms with Crippen molar-refractivity contribution in [2.24, 2.45) is 11.1 Å². The van der Waals surface area contributed by atoms with Crippen LogP contribution in [0.1, 0.15) is 57.1 Å². The third kappa shape index (κ3) is 4.07. The second kappa shape index (κ2) is 7.41. The molecule has 0 heterocycles. The van der Waals surface area contributed by atoms with E-state index in [2.05, 4.69) is 21.2 Å². The Kier molecular flexibility index (Phi) is 5.82. The van der Waals surface area contributed by atoms with E-state index in [-0.39, 0.29) is 17.4 Å². The first-order valence-corrected chi connectivity index (χ1v) is 8.63. The monoisotopic (exact) mass is 352 g/mol. The van der Waals surface area contributed by atoms with Crippen LogP contribution in [0.25, 0.3) is 0 Å². The minimum Gasteiger partial charge on any atom is -0.349 e. The third-order valence-corrected chi connectivity index (χ3v) is 5.18. The van der Waals surface area contributed by atoms with E-state index in [1.165, 1.54) is 12.8 Å². The Morgan fingerprint density at radius 1 is 1.24 bits per heavy atom. The summed E-state index contributed by atoms with van der Waals surface area (Å²) < 4.78 is 1.05. The van der Waals surface area contributed by atoms with Crippen LogP contribution in [0.15, 0.2) is 28.7 Å². The summed E-state index contributed by atoms with van der Waals surface area (Å²) in [6.07, 6.45) is 6.49. The molecule has 1 amide bonds. The van der Waals surface area contributed by atoms with Crippen LogP contribution in [0.2, 0.25) is 0 Å². The maximum absolute atomic E-state index is 12.8. The lowest BCUT2D eigenvalue weighted by molar-refractivity contribution is -0.132. The molecule has 1 aromatic carbocycles. The number of hydrogen-bond donors (Lipinski definition) is 2. The molecule has 0 spiro atoms. The van der Waals surface area contributed by atoms with E-state index in [1.807, 2.05) is 31.2 Å². The summed E-state index contributed by atoms with van der Waals surface area (Å²) in [7, 11) is 0. The van der Waals surface area contributed by atoms with Crippen molar-refractivity contribution in [1.82, 2.24) is 5.32 Å². The lowest BCUT2D eigenvalue weighted by Gasteiger charge is -2.31. The summed E-state index contributed by atoms with van der Waals surface area (Å²) in [5.74, 6) is 0.127. The molecule has 0 aromatic heterocycles. The summed E-state index contributed by atoms with van der Waals surface area (Å²) in [5.41, 5.74) is 6.73. The zero-order chi connectivity index (χ0) is 15.3. The summed E-state index contributed by atoms with van der Waals surface area (Å²) >= 11 is 3.43. The molecule has 21 heavy (non-hydrogen) atoms. The molecule has 1 saturated carbocycles. The topological polar surface area (TPSA) is 55.1 Å². The molecule has 4 heteroatoms. The molecule has 2 rings (SSSR count). The van der Waals surface area contributed by atoms with Crippen molar-refractivity contribution in [3.05, 3.63) is 34.3 Å². The first kappa shape index (κ1) is 16.5. The molecule has 3 nitrogen and oxygen atoms in total. The highest BCUT2D eigenvalue weighted by molar-refractivity contribution is 9.10. The van der Waals surface area contributed by atoms with E-state index in [4.69, 9.17) is 5.73 Å². The summed E-state index contributed by atoms with van der Waals surface area (Å²) in [6, 6.07) is 8.09. The van der Waals surface area contributed by atoms with Gasteiger partial charge in [-0.3, -0.25) is 4.79 Å². The molecule has 1 aliphatic carbocycles. The molecule has 1 aromatic rings. The molecule has 0 aliphatic heterocycles. The van der Waals surface area contributed by atoms with Crippen LogP contribution in [0, 0.1) is 5.41 Å². The molecule has 1 fully saturated rings. The lowest BCUT2D eigenvalue weighted by atomic mass is 9.79. The van der Waals surface area contributed by atoms with E-state index in [0.717, 1.165) is 35.7 Å². The average Bonchev–Trinajstić information content (AvgIpc) is 2.74. The van der Waals surface area contributed by atoms with Gasteiger partial charge in [0.1, 0.15) is 0 Å². The highest BCUT2D eigenvalue weighted by Gasteiger charge is 2.37. The van der Waals surface area contributed by atoms with Crippen LogP contribution in [0.3, 0.4) is 0 Å². The van der Waals surface area contributed by atoms with E-state index >= 15 is 0 Å². The Labute approximate surface area is 135 Å². The van der Waals surface area contributed by atoms with Gasteiger partial charge in [0, 0.05) is 11.0 Å².